The standard InChI is InChI=1S/C21H24ClN3O2/c1-27-14-19(26)24-9-11-25(12-10-24)21-18-7-6-17(22)13-16(18)5-4-15-3-2-8-23-20(15)21/h2-3,6-8,13,21H,4-5,9-12,14H2,1H3. The summed E-state index contributed by atoms with van der Waals surface area (Å²) in [5.41, 5.74) is 5.01. The molecule has 142 valence electrons. The summed E-state index contributed by atoms with van der Waals surface area (Å²) in [7, 11) is 1.56. The van der Waals surface area contributed by atoms with Crippen LogP contribution in [0.5, 0.6) is 0 Å². The highest BCUT2D eigenvalue weighted by molar-refractivity contribution is 6.30. The number of hydrogen-bond acceptors (Lipinski definition) is 4. The maximum atomic E-state index is 12.1. The minimum atomic E-state index is 0.0590. The Balaban J connectivity index is 1.65. The number of ether oxygens (including phenoxy) is 1. The van der Waals surface area contributed by atoms with Gasteiger partial charge in [-0.15, -0.1) is 0 Å². The van der Waals surface area contributed by atoms with Crippen molar-refractivity contribution in [3.63, 3.8) is 0 Å². The first-order chi connectivity index (χ1) is 13.2. The second-order valence-corrected chi connectivity index (χ2v) is 7.58. The second kappa shape index (κ2) is 7.97. The first-order valence-corrected chi connectivity index (χ1v) is 9.78. The number of nitrogens with zero attached hydrogens (tertiary/aromatic N) is 3. The van der Waals surface area contributed by atoms with Gasteiger partial charge in [0.05, 0.1) is 11.7 Å². The Labute approximate surface area is 164 Å². The molecular formula is C21H24ClN3O2. The summed E-state index contributed by atoms with van der Waals surface area (Å²) < 4.78 is 4.99. The minimum Gasteiger partial charge on any atom is -0.375 e. The Bertz CT molecular complexity index is 834. The molecule has 0 saturated carbocycles. The van der Waals surface area contributed by atoms with Gasteiger partial charge >= 0.3 is 0 Å². The molecule has 0 spiro atoms. The molecule has 1 saturated heterocycles. The summed E-state index contributed by atoms with van der Waals surface area (Å²) in [6.45, 7) is 3.21. The number of pyridine rings is 1. The van der Waals surface area contributed by atoms with Crippen molar-refractivity contribution >= 4 is 17.5 Å². The topological polar surface area (TPSA) is 45.7 Å². The Morgan fingerprint density at radius 2 is 1.96 bits per heavy atom. The van der Waals surface area contributed by atoms with Gasteiger partial charge in [-0.2, -0.15) is 0 Å². The molecule has 0 N–H and O–H groups in total. The molecule has 1 aliphatic heterocycles. The molecule has 0 radical (unpaired) electrons. The van der Waals surface area contributed by atoms with Gasteiger partial charge in [-0.1, -0.05) is 23.7 Å². The molecular weight excluding hydrogens is 362 g/mol. The van der Waals surface area contributed by atoms with E-state index in [0.29, 0.717) is 13.1 Å². The van der Waals surface area contributed by atoms with Gasteiger partial charge in [0.25, 0.3) is 0 Å². The van der Waals surface area contributed by atoms with Crippen molar-refractivity contribution < 1.29 is 9.53 Å². The van der Waals surface area contributed by atoms with Crippen molar-refractivity contribution in [2.45, 2.75) is 18.9 Å². The van der Waals surface area contributed by atoms with Gasteiger partial charge < -0.3 is 9.64 Å². The number of piperazine rings is 1. The maximum Gasteiger partial charge on any atom is 0.248 e. The van der Waals surface area contributed by atoms with E-state index in [-0.39, 0.29) is 18.6 Å². The number of rotatable bonds is 3. The Morgan fingerprint density at radius 3 is 2.74 bits per heavy atom. The predicted octanol–water partition coefficient (Wildman–Crippen LogP) is 2.71. The van der Waals surface area contributed by atoms with E-state index in [0.717, 1.165) is 36.6 Å². The average molecular weight is 386 g/mol. The lowest BCUT2D eigenvalue weighted by atomic mass is 9.96. The molecule has 27 heavy (non-hydrogen) atoms. The summed E-state index contributed by atoms with van der Waals surface area (Å²) in [5.74, 6) is 0.0590. The van der Waals surface area contributed by atoms with Crippen LogP contribution in [0.15, 0.2) is 36.5 Å². The highest BCUT2D eigenvalue weighted by atomic mass is 35.5. The van der Waals surface area contributed by atoms with Gasteiger partial charge in [-0.3, -0.25) is 14.7 Å². The van der Waals surface area contributed by atoms with E-state index in [1.165, 1.54) is 16.7 Å². The van der Waals surface area contributed by atoms with Crippen molar-refractivity contribution in [1.82, 2.24) is 14.8 Å². The van der Waals surface area contributed by atoms with E-state index in [9.17, 15) is 4.79 Å². The van der Waals surface area contributed by atoms with Crippen LogP contribution in [0.3, 0.4) is 0 Å². The largest absolute Gasteiger partial charge is 0.375 e. The number of carbonyl (C=O) groups is 1. The highest BCUT2D eigenvalue weighted by Gasteiger charge is 2.32. The fourth-order valence-electron chi connectivity index (χ4n) is 4.20. The molecule has 0 bridgehead atoms. The van der Waals surface area contributed by atoms with Gasteiger partial charge in [-0.25, -0.2) is 0 Å². The average Bonchev–Trinajstić information content (AvgIpc) is 2.85. The van der Waals surface area contributed by atoms with Crippen LogP contribution >= 0.6 is 11.6 Å². The molecule has 1 aliphatic carbocycles. The maximum absolute atomic E-state index is 12.1. The van der Waals surface area contributed by atoms with E-state index in [1.807, 2.05) is 23.2 Å². The summed E-state index contributed by atoms with van der Waals surface area (Å²) in [5, 5.41) is 0.779. The number of amides is 1. The first kappa shape index (κ1) is 18.4. The van der Waals surface area contributed by atoms with Crippen molar-refractivity contribution in [3.8, 4) is 0 Å². The van der Waals surface area contributed by atoms with Gasteiger partial charge in [0.1, 0.15) is 6.61 Å². The zero-order valence-corrected chi connectivity index (χ0v) is 16.3. The van der Waals surface area contributed by atoms with Gasteiger partial charge in [0, 0.05) is 44.5 Å². The van der Waals surface area contributed by atoms with Gasteiger partial charge in [0.15, 0.2) is 0 Å². The van der Waals surface area contributed by atoms with Crippen LogP contribution < -0.4 is 0 Å². The number of aromatic nitrogens is 1. The number of carbonyl (C=O) groups excluding carboxylic acids is 1. The van der Waals surface area contributed by atoms with Gasteiger partial charge in [0.2, 0.25) is 5.91 Å². The molecule has 6 heteroatoms. The van der Waals surface area contributed by atoms with Gasteiger partial charge in [-0.05, 0) is 47.7 Å². The molecule has 1 amide bonds. The number of benzene rings is 1. The quantitative estimate of drug-likeness (QED) is 0.815. The summed E-state index contributed by atoms with van der Waals surface area (Å²) >= 11 is 6.27. The molecule has 5 nitrogen and oxygen atoms in total. The van der Waals surface area contributed by atoms with Crippen molar-refractivity contribution in [2.24, 2.45) is 0 Å². The van der Waals surface area contributed by atoms with Crippen molar-refractivity contribution in [3.05, 3.63) is 63.9 Å². The van der Waals surface area contributed by atoms with Crippen LogP contribution in [0.2, 0.25) is 5.02 Å². The molecule has 1 aromatic heterocycles. The zero-order valence-electron chi connectivity index (χ0n) is 15.5. The van der Waals surface area contributed by atoms with Crippen molar-refractivity contribution in [1.29, 1.82) is 0 Å². The van der Waals surface area contributed by atoms with Crippen LogP contribution in [-0.4, -0.2) is 60.6 Å². The number of methoxy groups -OCH3 is 1. The normalized spacial score (nSPS) is 19.9. The number of aryl methyl sites for hydroxylation is 2. The molecule has 2 aromatic rings. The third kappa shape index (κ3) is 3.72. The second-order valence-electron chi connectivity index (χ2n) is 7.14. The van der Waals surface area contributed by atoms with Crippen LogP contribution in [0.25, 0.3) is 0 Å². The summed E-state index contributed by atoms with van der Waals surface area (Å²) in [4.78, 5) is 21.2. The van der Waals surface area contributed by atoms with Crippen LogP contribution in [0.4, 0.5) is 0 Å². The molecule has 1 atom stereocenters. The predicted molar refractivity (Wildman–Crippen MR) is 105 cm³/mol. The first-order valence-electron chi connectivity index (χ1n) is 9.40. The lowest BCUT2D eigenvalue weighted by Crippen LogP contribution is -2.50. The molecule has 4 rings (SSSR count). The number of hydrogen-bond donors (Lipinski definition) is 0. The lowest BCUT2D eigenvalue weighted by Gasteiger charge is -2.39. The zero-order chi connectivity index (χ0) is 18.8. The number of halogens is 1. The van der Waals surface area contributed by atoms with Crippen LogP contribution in [0, 0.1) is 0 Å². The molecule has 1 aromatic carbocycles. The van der Waals surface area contributed by atoms with E-state index in [1.54, 1.807) is 7.11 Å². The Kier molecular flexibility index (Phi) is 5.43. The third-order valence-electron chi connectivity index (χ3n) is 5.55. The van der Waals surface area contributed by atoms with E-state index < -0.39 is 0 Å². The molecule has 2 heterocycles. The Morgan fingerprint density at radius 1 is 1.19 bits per heavy atom. The fraction of sp³-hybridized carbons (Fsp3) is 0.429. The highest BCUT2D eigenvalue weighted by Crippen LogP contribution is 2.37. The Hall–Kier alpha value is -1.95. The fourth-order valence-corrected chi connectivity index (χ4v) is 4.39. The SMILES string of the molecule is COCC(=O)N1CCN(C2c3ccc(Cl)cc3CCc3cccnc32)CC1. The summed E-state index contributed by atoms with van der Waals surface area (Å²) in [6, 6.07) is 10.5. The third-order valence-corrected chi connectivity index (χ3v) is 5.78. The minimum absolute atomic E-state index is 0.0590. The molecule has 1 fully saturated rings. The molecule has 1 unspecified atom stereocenters. The van der Waals surface area contributed by atoms with E-state index in [4.69, 9.17) is 21.3 Å². The van der Waals surface area contributed by atoms with Crippen LogP contribution in [0.1, 0.15) is 28.4 Å². The monoisotopic (exact) mass is 385 g/mol. The van der Waals surface area contributed by atoms with E-state index >= 15 is 0 Å². The van der Waals surface area contributed by atoms with Crippen molar-refractivity contribution in [2.75, 3.05) is 39.9 Å². The molecule has 2 aliphatic rings. The smallest absolute Gasteiger partial charge is 0.248 e. The lowest BCUT2D eigenvalue weighted by molar-refractivity contribution is -0.137. The van der Waals surface area contributed by atoms with E-state index in [2.05, 4.69) is 23.1 Å². The summed E-state index contributed by atoms with van der Waals surface area (Å²) in [6.07, 6.45) is 3.82. The number of fused-ring (bicyclic) bond motifs is 2. The van der Waals surface area contributed by atoms with Crippen LogP contribution in [-0.2, 0) is 22.4 Å².